The number of aromatic amines is 1. The SMILES string of the molecule is C[C@@H]1CC[C@H](C)Oc2ccnc3[nH]c(=O)n(c23)-c2nc(c(C(N)=O)cc2F)O1. The molecule has 3 aromatic rings. The molecule has 1 aliphatic heterocycles. The number of aromatic nitrogens is 4. The van der Waals surface area contributed by atoms with Gasteiger partial charge >= 0.3 is 5.69 Å². The van der Waals surface area contributed by atoms with E-state index in [1.54, 1.807) is 13.0 Å². The lowest BCUT2D eigenvalue weighted by molar-refractivity contribution is 0.0988. The number of nitrogens with one attached hydrogen (secondary N) is 1. The Morgan fingerprint density at radius 3 is 2.75 bits per heavy atom. The van der Waals surface area contributed by atoms with E-state index in [0.717, 1.165) is 10.6 Å². The zero-order valence-electron chi connectivity index (χ0n) is 15.2. The van der Waals surface area contributed by atoms with E-state index in [0.29, 0.717) is 18.6 Å². The van der Waals surface area contributed by atoms with E-state index in [1.807, 2.05) is 6.92 Å². The number of carbonyl (C=O) groups excluding carboxylic acids is 1. The Bertz CT molecular complexity index is 1140. The highest BCUT2D eigenvalue weighted by atomic mass is 19.1. The standard InChI is InChI=1S/C18H18FN5O4/c1-8-3-4-9(2)28-17-10(14(20)25)7-11(19)16(23-17)24-13-12(27-8)5-6-21-15(13)22-18(24)26/h5-9H,3-4H2,1-2H3,(H2,20,25)(H,21,22,26)/t8-,9+/m0/s1. The Kier molecular flexibility index (Phi) is 4.25. The number of amides is 1. The maximum absolute atomic E-state index is 14.8. The van der Waals surface area contributed by atoms with Gasteiger partial charge in [-0.15, -0.1) is 0 Å². The zero-order valence-corrected chi connectivity index (χ0v) is 15.2. The first-order valence-corrected chi connectivity index (χ1v) is 8.79. The maximum atomic E-state index is 14.8. The van der Waals surface area contributed by atoms with Crippen LogP contribution in [0.3, 0.4) is 0 Å². The fraction of sp³-hybridized carbons (Fsp3) is 0.333. The molecule has 1 amide bonds. The minimum Gasteiger partial charge on any atom is -0.488 e. The Labute approximate surface area is 158 Å². The second-order valence-corrected chi connectivity index (χ2v) is 6.72. The number of nitrogens with two attached hydrogens (primary N) is 1. The van der Waals surface area contributed by atoms with Crippen molar-refractivity contribution in [1.29, 1.82) is 0 Å². The predicted octanol–water partition coefficient (Wildman–Crippen LogP) is 1.68. The first-order valence-electron chi connectivity index (χ1n) is 8.79. The summed E-state index contributed by atoms with van der Waals surface area (Å²) < 4.78 is 27.6. The molecular formula is C18H18FN5O4. The minimum absolute atomic E-state index is 0.128. The van der Waals surface area contributed by atoms with Crippen LogP contribution in [0, 0.1) is 5.82 Å². The number of nitrogens with zero attached hydrogens (tertiary/aromatic N) is 3. The number of halogens is 1. The molecular weight excluding hydrogens is 369 g/mol. The molecule has 4 heterocycles. The molecule has 0 saturated heterocycles. The molecule has 1 aliphatic rings. The maximum Gasteiger partial charge on any atom is 0.333 e. The molecule has 28 heavy (non-hydrogen) atoms. The van der Waals surface area contributed by atoms with Crippen LogP contribution < -0.4 is 20.9 Å². The minimum atomic E-state index is -0.906. The summed E-state index contributed by atoms with van der Waals surface area (Å²) in [5.74, 6) is -1.88. The second kappa shape index (κ2) is 6.63. The van der Waals surface area contributed by atoms with Crippen LogP contribution in [0.15, 0.2) is 23.1 Å². The van der Waals surface area contributed by atoms with Crippen molar-refractivity contribution in [2.45, 2.75) is 38.9 Å². The number of H-pyrrole nitrogens is 1. The highest BCUT2D eigenvalue weighted by Gasteiger charge is 2.25. The van der Waals surface area contributed by atoms with E-state index in [1.165, 1.54) is 6.20 Å². The third-order valence-corrected chi connectivity index (χ3v) is 4.56. The predicted molar refractivity (Wildman–Crippen MR) is 97.4 cm³/mol. The van der Waals surface area contributed by atoms with Crippen molar-refractivity contribution in [3.05, 3.63) is 40.2 Å². The number of ether oxygens (including phenoxy) is 2. The van der Waals surface area contributed by atoms with Crippen LogP contribution in [0.1, 0.15) is 37.0 Å². The van der Waals surface area contributed by atoms with Crippen molar-refractivity contribution < 1.29 is 18.7 Å². The molecule has 0 fully saturated rings. The number of imidazole rings is 1. The number of fused-ring (bicyclic) bond motifs is 3. The van der Waals surface area contributed by atoms with Crippen molar-refractivity contribution >= 4 is 17.1 Å². The first-order chi connectivity index (χ1) is 13.3. The molecule has 0 spiro atoms. The number of carbonyl (C=O) groups is 1. The second-order valence-electron chi connectivity index (χ2n) is 6.72. The van der Waals surface area contributed by atoms with Gasteiger partial charge in [-0.1, -0.05) is 0 Å². The number of hydrogen-bond donors (Lipinski definition) is 2. The lowest BCUT2D eigenvalue weighted by Crippen LogP contribution is -2.24. The third kappa shape index (κ3) is 2.96. The van der Waals surface area contributed by atoms with E-state index in [2.05, 4.69) is 15.0 Å². The average Bonchev–Trinajstić information content (AvgIpc) is 2.97. The normalized spacial score (nSPS) is 19.2. The quantitative estimate of drug-likeness (QED) is 0.654. The van der Waals surface area contributed by atoms with E-state index in [4.69, 9.17) is 15.2 Å². The molecule has 3 N–H and O–H groups in total. The van der Waals surface area contributed by atoms with Crippen molar-refractivity contribution in [3.63, 3.8) is 0 Å². The van der Waals surface area contributed by atoms with Gasteiger partial charge in [-0.2, -0.15) is 4.98 Å². The van der Waals surface area contributed by atoms with E-state index >= 15 is 0 Å². The lowest BCUT2D eigenvalue weighted by Gasteiger charge is -2.21. The molecule has 146 valence electrons. The first kappa shape index (κ1) is 18.0. The summed E-state index contributed by atoms with van der Waals surface area (Å²) in [4.78, 5) is 35.1. The molecule has 4 rings (SSSR count). The van der Waals surface area contributed by atoms with Crippen LogP contribution >= 0.6 is 0 Å². The summed E-state index contributed by atoms with van der Waals surface area (Å²) in [6, 6.07) is 2.52. The zero-order chi connectivity index (χ0) is 20.0. The summed E-state index contributed by atoms with van der Waals surface area (Å²) in [6.07, 6.45) is 2.19. The van der Waals surface area contributed by atoms with E-state index in [9.17, 15) is 14.0 Å². The fourth-order valence-electron chi connectivity index (χ4n) is 3.18. The van der Waals surface area contributed by atoms with Gasteiger partial charge in [0.2, 0.25) is 5.88 Å². The van der Waals surface area contributed by atoms with Crippen LogP contribution in [-0.2, 0) is 0 Å². The summed E-state index contributed by atoms with van der Waals surface area (Å²) in [6.45, 7) is 3.68. The molecule has 0 aromatic carbocycles. The van der Waals surface area contributed by atoms with Gasteiger partial charge in [0.15, 0.2) is 17.3 Å². The van der Waals surface area contributed by atoms with Gasteiger partial charge in [-0.05, 0) is 32.8 Å². The van der Waals surface area contributed by atoms with Crippen molar-refractivity contribution in [2.24, 2.45) is 5.73 Å². The molecule has 0 aliphatic carbocycles. The molecule has 2 atom stereocenters. The van der Waals surface area contributed by atoms with Crippen LogP contribution in [0.5, 0.6) is 11.6 Å². The largest absolute Gasteiger partial charge is 0.488 e. The molecule has 3 aromatic heterocycles. The highest BCUT2D eigenvalue weighted by molar-refractivity contribution is 5.95. The van der Waals surface area contributed by atoms with Gasteiger partial charge in [-0.25, -0.2) is 18.7 Å². The number of primary amides is 1. The molecule has 2 bridgehead atoms. The third-order valence-electron chi connectivity index (χ3n) is 4.56. The monoisotopic (exact) mass is 387 g/mol. The molecule has 0 radical (unpaired) electrons. The van der Waals surface area contributed by atoms with Crippen molar-refractivity contribution in [2.75, 3.05) is 0 Å². The Morgan fingerprint density at radius 1 is 1.32 bits per heavy atom. The summed E-state index contributed by atoms with van der Waals surface area (Å²) in [7, 11) is 0. The topological polar surface area (TPSA) is 125 Å². The van der Waals surface area contributed by atoms with E-state index < -0.39 is 17.4 Å². The molecule has 0 unspecified atom stereocenters. The Balaban J connectivity index is 2.06. The smallest absolute Gasteiger partial charge is 0.333 e. The fourth-order valence-corrected chi connectivity index (χ4v) is 3.18. The van der Waals surface area contributed by atoms with Gasteiger partial charge in [0.1, 0.15) is 16.8 Å². The van der Waals surface area contributed by atoms with Gasteiger partial charge in [0.25, 0.3) is 5.91 Å². The van der Waals surface area contributed by atoms with Gasteiger partial charge < -0.3 is 15.2 Å². The van der Waals surface area contributed by atoms with Gasteiger partial charge in [0.05, 0.1) is 12.2 Å². The van der Waals surface area contributed by atoms with Gasteiger partial charge in [0, 0.05) is 12.3 Å². The van der Waals surface area contributed by atoms with Crippen LogP contribution in [0.4, 0.5) is 4.39 Å². The highest BCUT2D eigenvalue weighted by Crippen LogP contribution is 2.29. The van der Waals surface area contributed by atoms with Crippen LogP contribution in [0.25, 0.3) is 17.0 Å². The lowest BCUT2D eigenvalue weighted by atomic mass is 10.1. The Hall–Kier alpha value is -3.43. The summed E-state index contributed by atoms with van der Waals surface area (Å²) in [5.41, 5.74) is 4.98. The van der Waals surface area contributed by atoms with Crippen molar-refractivity contribution in [1.82, 2.24) is 19.5 Å². The summed E-state index contributed by atoms with van der Waals surface area (Å²) >= 11 is 0. The summed E-state index contributed by atoms with van der Waals surface area (Å²) in [5, 5.41) is 0. The molecule has 0 saturated carbocycles. The Morgan fingerprint density at radius 2 is 2.04 bits per heavy atom. The van der Waals surface area contributed by atoms with E-state index in [-0.39, 0.29) is 40.6 Å². The molecule has 9 nitrogen and oxygen atoms in total. The number of pyridine rings is 2. The number of rotatable bonds is 1. The number of hydrogen-bond acceptors (Lipinski definition) is 6. The van der Waals surface area contributed by atoms with Gasteiger partial charge in [-0.3, -0.25) is 9.78 Å². The van der Waals surface area contributed by atoms with Crippen LogP contribution in [0.2, 0.25) is 0 Å². The van der Waals surface area contributed by atoms with Crippen LogP contribution in [-0.4, -0.2) is 37.6 Å². The molecule has 10 heteroatoms. The van der Waals surface area contributed by atoms with Crippen molar-refractivity contribution in [3.8, 4) is 17.4 Å². The average molecular weight is 387 g/mol.